The number of pyridine rings is 1. The average Bonchev–Trinajstić information content (AvgIpc) is 2.94. The van der Waals surface area contributed by atoms with Gasteiger partial charge in [-0.3, -0.25) is 0 Å². The number of aromatic nitrogens is 1. The smallest absolute Gasteiger partial charge is 0.139 e. The van der Waals surface area contributed by atoms with Gasteiger partial charge in [-0.25, -0.2) is 4.98 Å². The van der Waals surface area contributed by atoms with Gasteiger partial charge in [0.25, 0.3) is 0 Å². The van der Waals surface area contributed by atoms with Gasteiger partial charge >= 0.3 is 0 Å². The number of hydrogen-bond donors (Lipinski definition) is 2. The third-order valence-corrected chi connectivity index (χ3v) is 3.07. The normalized spacial score (nSPS) is 10.8. The fraction of sp³-hybridized carbons (Fsp3) is 0.133. The second-order valence-electron chi connectivity index (χ2n) is 4.37. The number of nitrogens with two attached hydrogens (primary N) is 1. The number of fused-ring (bicyclic) bond motifs is 1. The molecule has 3 rings (SSSR count). The van der Waals surface area contributed by atoms with Crippen molar-refractivity contribution in [3.05, 3.63) is 60.0 Å². The van der Waals surface area contributed by atoms with Crippen LogP contribution in [0.15, 0.2) is 53.3 Å². The second kappa shape index (κ2) is 5.12. The Morgan fingerprint density at radius 1 is 1.16 bits per heavy atom. The molecule has 0 bridgehead atoms. The molecule has 0 aliphatic carbocycles. The Morgan fingerprint density at radius 3 is 2.95 bits per heavy atom. The molecule has 0 aliphatic heterocycles. The Labute approximate surface area is 111 Å². The van der Waals surface area contributed by atoms with Gasteiger partial charge < -0.3 is 15.5 Å². The van der Waals surface area contributed by atoms with Crippen molar-refractivity contribution in [1.82, 2.24) is 4.98 Å². The number of furan rings is 1. The van der Waals surface area contributed by atoms with Crippen LogP contribution in [0.3, 0.4) is 0 Å². The predicted octanol–water partition coefficient (Wildman–Crippen LogP) is 2.90. The first kappa shape index (κ1) is 11.7. The van der Waals surface area contributed by atoms with E-state index in [0.717, 1.165) is 22.4 Å². The Morgan fingerprint density at radius 2 is 2.05 bits per heavy atom. The summed E-state index contributed by atoms with van der Waals surface area (Å²) in [7, 11) is 0. The first-order chi connectivity index (χ1) is 9.36. The third-order valence-electron chi connectivity index (χ3n) is 3.07. The maximum absolute atomic E-state index is 5.64. The highest BCUT2D eigenvalue weighted by molar-refractivity contribution is 5.87. The van der Waals surface area contributed by atoms with Crippen molar-refractivity contribution in [3.63, 3.8) is 0 Å². The molecular formula is C15H15N3O. The van der Waals surface area contributed by atoms with Crippen LogP contribution in [0.5, 0.6) is 0 Å². The van der Waals surface area contributed by atoms with Gasteiger partial charge in [0.2, 0.25) is 0 Å². The van der Waals surface area contributed by atoms with Crippen molar-refractivity contribution in [2.24, 2.45) is 5.73 Å². The van der Waals surface area contributed by atoms with Gasteiger partial charge in [0.1, 0.15) is 11.4 Å². The summed E-state index contributed by atoms with van der Waals surface area (Å²) in [6.45, 7) is 1.27. The van der Waals surface area contributed by atoms with Crippen molar-refractivity contribution in [1.29, 1.82) is 0 Å². The molecular weight excluding hydrogens is 238 g/mol. The quantitative estimate of drug-likeness (QED) is 0.750. The lowest BCUT2D eigenvalue weighted by Crippen LogP contribution is -2.03. The van der Waals surface area contributed by atoms with E-state index in [4.69, 9.17) is 10.2 Å². The zero-order valence-corrected chi connectivity index (χ0v) is 10.5. The molecule has 0 spiro atoms. The number of anilines is 1. The molecule has 0 saturated carbocycles. The Hall–Kier alpha value is -2.33. The molecule has 19 heavy (non-hydrogen) atoms. The van der Waals surface area contributed by atoms with Gasteiger partial charge in [0.05, 0.1) is 11.6 Å². The minimum Gasteiger partial charge on any atom is -0.464 e. The Balaban J connectivity index is 1.80. The third kappa shape index (κ3) is 2.44. The molecule has 1 aromatic carbocycles. The highest BCUT2D eigenvalue weighted by Gasteiger charge is 2.04. The summed E-state index contributed by atoms with van der Waals surface area (Å²) < 4.78 is 5.35. The van der Waals surface area contributed by atoms with E-state index in [1.807, 2.05) is 24.3 Å². The summed E-state index contributed by atoms with van der Waals surface area (Å²) in [6, 6.07) is 12.0. The molecule has 4 nitrogen and oxygen atoms in total. The molecule has 0 radical (unpaired) electrons. The molecule has 0 saturated heterocycles. The monoisotopic (exact) mass is 253 g/mol. The summed E-state index contributed by atoms with van der Waals surface area (Å²) in [6.07, 6.45) is 3.41. The molecule has 4 heteroatoms. The van der Waals surface area contributed by atoms with Gasteiger partial charge in [-0.15, -0.1) is 0 Å². The maximum Gasteiger partial charge on any atom is 0.139 e. The zero-order chi connectivity index (χ0) is 13.1. The average molecular weight is 253 g/mol. The Bertz CT molecular complexity index is 690. The van der Waals surface area contributed by atoms with E-state index in [0.29, 0.717) is 13.1 Å². The topological polar surface area (TPSA) is 64.1 Å². The molecule has 2 aromatic heterocycles. The summed E-state index contributed by atoms with van der Waals surface area (Å²) in [4.78, 5) is 4.34. The van der Waals surface area contributed by atoms with Crippen molar-refractivity contribution < 1.29 is 4.42 Å². The van der Waals surface area contributed by atoms with E-state index in [1.165, 1.54) is 5.56 Å². The molecule has 2 heterocycles. The van der Waals surface area contributed by atoms with E-state index >= 15 is 0 Å². The van der Waals surface area contributed by atoms with Gasteiger partial charge in [-0.1, -0.05) is 24.3 Å². The highest BCUT2D eigenvalue weighted by Crippen LogP contribution is 2.22. The van der Waals surface area contributed by atoms with Crippen molar-refractivity contribution >= 4 is 16.8 Å². The molecule has 3 aromatic rings. The van der Waals surface area contributed by atoms with Crippen molar-refractivity contribution in [2.75, 3.05) is 5.32 Å². The van der Waals surface area contributed by atoms with Crippen LogP contribution in [0.1, 0.15) is 11.1 Å². The van der Waals surface area contributed by atoms with Gasteiger partial charge in [-0.2, -0.15) is 0 Å². The van der Waals surface area contributed by atoms with Crippen LogP contribution in [0.25, 0.3) is 11.0 Å². The first-order valence-electron chi connectivity index (χ1n) is 6.21. The van der Waals surface area contributed by atoms with Gasteiger partial charge in [0, 0.05) is 19.3 Å². The molecule has 96 valence electrons. The number of rotatable bonds is 4. The fourth-order valence-electron chi connectivity index (χ4n) is 2.09. The van der Waals surface area contributed by atoms with Crippen LogP contribution in [-0.4, -0.2) is 4.98 Å². The number of benzene rings is 1. The van der Waals surface area contributed by atoms with Crippen LogP contribution in [0.2, 0.25) is 0 Å². The lowest BCUT2D eigenvalue weighted by Gasteiger charge is -2.07. The number of nitrogens with zero attached hydrogens (tertiary/aromatic N) is 1. The van der Waals surface area contributed by atoms with Crippen LogP contribution in [0.4, 0.5) is 5.82 Å². The SMILES string of the molecule is NCc1cccc(CNc2nccc3occc23)c1. The van der Waals surface area contributed by atoms with E-state index in [-0.39, 0.29) is 0 Å². The number of hydrogen-bond acceptors (Lipinski definition) is 4. The summed E-state index contributed by atoms with van der Waals surface area (Å²) in [5.41, 5.74) is 8.80. The molecule has 0 amide bonds. The standard InChI is InChI=1S/C15H15N3O/c16-9-11-2-1-3-12(8-11)10-18-15-13-5-7-19-14(13)4-6-17-15/h1-8H,9-10,16H2,(H,17,18). The summed E-state index contributed by atoms with van der Waals surface area (Å²) in [5.74, 6) is 0.837. The lowest BCUT2D eigenvalue weighted by molar-refractivity contribution is 0.615. The van der Waals surface area contributed by atoms with E-state index in [2.05, 4.69) is 22.4 Å². The van der Waals surface area contributed by atoms with Crippen LogP contribution < -0.4 is 11.1 Å². The molecule has 0 aliphatic rings. The van der Waals surface area contributed by atoms with Crippen LogP contribution in [-0.2, 0) is 13.1 Å². The minimum atomic E-state index is 0.559. The Kier molecular flexibility index (Phi) is 3.16. The maximum atomic E-state index is 5.64. The van der Waals surface area contributed by atoms with E-state index in [9.17, 15) is 0 Å². The van der Waals surface area contributed by atoms with Crippen LogP contribution >= 0.6 is 0 Å². The second-order valence-corrected chi connectivity index (χ2v) is 4.37. The molecule has 0 fully saturated rings. The summed E-state index contributed by atoms with van der Waals surface area (Å²) >= 11 is 0. The highest BCUT2D eigenvalue weighted by atomic mass is 16.3. The van der Waals surface area contributed by atoms with Gasteiger partial charge in [0.15, 0.2) is 0 Å². The van der Waals surface area contributed by atoms with Crippen LogP contribution in [0, 0.1) is 0 Å². The van der Waals surface area contributed by atoms with Gasteiger partial charge in [-0.05, 0) is 23.3 Å². The first-order valence-corrected chi connectivity index (χ1v) is 6.21. The molecule has 0 atom stereocenters. The fourth-order valence-corrected chi connectivity index (χ4v) is 2.09. The predicted molar refractivity (Wildman–Crippen MR) is 75.7 cm³/mol. The number of nitrogens with one attached hydrogen (secondary N) is 1. The van der Waals surface area contributed by atoms with Crippen molar-refractivity contribution in [2.45, 2.75) is 13.1 Å². The largest absolute Gasteiger partial charge is 0.464 e. The summed E-state index contributed by atoms with van der Waals surface area (Å²) in [5, 5.41) is 4.33. The van der Waals surface area contributed by atoms with E-state index in [1.54, 1.807) is 12.5 Å². The van der Waals surface area contributed by atoms with E-state index < -0.39 is 0 Å². The molecule has 3 N–H and O–H groups in total. The molecule has 0 unspecified atom stereocenters. The minimum absolute atomic E-state index is 0.559. The zero-order valence-electron chi connectivity index (χ0n) is 10.5. The lowest BCUT2D eigenvalue weighted by atomic mass is 10.1. The van der Waals surface area contributed by atoms with Crippen molar-refractivity contribution in [3.8, 4) is 0 Å².